The lowest BCUT2D eigenvalue weighted by molar-refractivity contribution is -0.0965. The molecule has 5 unspecified atom stereocenters. The minimum atomic E-state index is -1.10. The highest BCUT2D eigenvalue weighted by molar-refractivity contribution is 6.33. The Morgan fingerprint density at radius 2 is 1.39 bits per heavy atom. The van der Waals surface area contributed by atoms with Gasteiger partial charge in [0.2, 0.25) is 5.95 Å². The van der Waals surface area contributed by atoms with Crippen LogP contribution in [0.5, 0.6) is 0 Å². The van der Waals surface area contributed by atoms with Gasteiger partial charge in [-0.3, -0.25) is 4.57 Å². The largest absolute Gasteiger partial charge is 0.461 e. The van der Waals surface area contributed by atoms with Crippen LogP contribution in [0.25, 0.3) is 11.2 Å². The number of esters is 3. The lowest BCUT2D eigenvalue weighted by Crippen LogP contribution is -2.37. The van der Waals surface area contributed by atoms with Crippen LogP contribution < -0.4 is 5.73 Å². The number of imidazole rings is 1. The Morgan fingerprint density at radius 1 is 0.826 bits per heavy atom. The van der Waals surface area contributed by atoms with Crippen molar-refractivity contribution in [1.82, 2.24) is 19.5 Å². The maximum atomic E-state index is 13.4. The van der Waals surface area contributed by atoms with E-state index in [1.165, 1.54) is 6.33 Å². The highest BCUT2D eigenvalue weighted by Gasteiger charge is 2.80. The Morgan fingerprint density at radius 3 is 2.00 bits per heavy atom. The van der Waals surface area contributed by atoms with Gasteiger partial charge in [0.05, 0.1) is 34.4 Å². The fraction of sp³-hybridized carbons (Fsp3) is 0.212. The molecule has 5 atom stereocenters. The van der Waals surface area contributed by atoms with Gasteiger partial charge in [0, 0.05) is 0 Å². The third kappa shape index (κ3) is 5.21. The first-order valence-electron chi connectivity index (χ1n) is 14.4. The van der Waals surface area contributed by atoms with Crippen LogP contribution in [0.15, 0.2) is 97.3 Å². The first kappa shape index (κ1) is 29.4. The van der Waals surface area contributed by atoms with Crippen molar-refractivity contribution < 1.29 is 33.3 Å². The predicted octanol–water partition coefficient (Wildman–Crippen LogP) is 4.52. The molecule has 1 saturated carbocycles. The number of ether oxygens (including phenoxy) is 4. The Hall–Kier alpha value is -5.33. The molecule has 0 radical (unpaired) electrons. The summed E-state index contributed by atoms with van der Waals surface area (Å²) in [7, 11) is 0. The van der Waals surface area contributed by atoms with Gasteiger partial charge in [0.1, 0.15) is 37.2 Å². The Labute approximate surface area is 267 Å². The molecule has 3 aromatic carbocycles. The summed E-state index contributed by atoms with van der Waals surface area (Å²) < 4.78 is 25.8. The van der Waals surface area contributed by atoms with Gasteiger partial charge in [0.15, 0.2) is 10.8 Å². The number of hydrogen-bond acceptors (Lipinski definition) is 11. The summed E-state index contributed by atoms with van der Waals surface area (Å²) >= 11 is 6.30. The molecule has 1 saturated heterocycles. The van der Waals surface area contributed by atoms with Crippen molar-refractivity contribution in [3.8, 4) is 0 Å². The van der Waals surface area contributed by atoms with Crippen LogP contribution in [0.1, 0.15) is 37.3 Å². The Bertz CT molecular complexity index is 1920. The number of nitrogens with zero attached hydrogens (tertiary/aromatic N) is 4. The third-order valence-corrected chi connectivity index (χ3v) is 8.59. The van der Waals surface area contributed by atoms with Gasteiger partial charge >= 0.3 is 17.9 Å². The fourth-order valence-electron chi connectivity index (χ4n) is 6.03. The molecule has 7 rings (SSSR count). The third-order valence-electron chi connectivity index (χ3n) is 8.33. The number of halogens is 1. The molecule has 0 bridgehead atoms. The summed E-state index contributed by atoms with van der Waals surface area (Å²) in [5.74, 6) is -2.36. The van der Waals surface area contributed by atoms with Crippen LogP contribution >= 0.6 is 11.6 Å². The Kier molecular flexibility index (Phi) is 7.59. The molecule has 232 valence electrons. The number of anilines is 1. The number of carbonyl (C=O) groups excluding carboxylic acids is 3. The highest BCUT2D eigenvalue weighted by atomic mass is 35.5. The van der Waals surface area contributed by atoms with Crippen molar-refractivity contribution in [2.24, 2.45) is 11.3 Å². The fourth-order valence-corrected chi connectivity index (χ4v) is 6.25. The van der Waals surface area contributed by atoms with Crippen LogP contribution in [0, 0.1) is 11.3 Å². The van der Waals surface area contributed by atoms with Crippen LogP contribution in [0.2, 0.25) is 5.15 Å². The summed E-state index contributed by atoms with van der Waals surface area (Å²) in [5.41, 5.74) is 6.42. The van der Waals surface area contributed by atoms with Crippen LogP contribution in [-0.4, -0.2) is 62.8 Å². The smallest absolute Gasteiger partial charge is 0.338 e. The Balaban J connectivity index is 1.25. The van der Waals surface area contributed by atoms with E-state index in [9.17, 15) is 14.4 Å². The van der Waals surface area contributed by atoms with Gasteiger partial charge < -0.3 is 24.7 Å². The van der Waals surface area contributed by atoms with E-state index in [1.807, 2.05) is 0 Å². The molecule has 13 heteroatoms. The number of nitrogen functional groups attached to an aromatic ring is 1. The van der Waals surface area contributed by atoms with Crippen molar-refractivity contribution >= 4 is 46.6 Å². The van der Waals surface area contributed by atoms with Gasteiger partial charge in [-0.05, 0) is 36.4 Å². The molecule has 2 aliphatic rings. The molecule has 0 spiro atoms. The number of aromatic nitrogens is 4. The number of nitrogens with two attached hydrogens (primary N) is 1. The first-order valence-corrected chi connectivity index (χ1v) is 14.8. The van der Waals surface area contributed by atoms with Crippen molar-refractivity contribution in [3.63, 3.8) is 0 Å². The van der Waals surface area contributed by atoms with Gasteiger partial charge in [-0.25, -0.2) is 19.4 Å². The minimum Gasteiger partial charge on any atom is -0.461 e. The topological polar surface area (TPSA) is 158 Å². The van der Waals surface area contributed by atoms with E-state index in [0.717, 1.165) is 0 Å². The summed E-state index contributed by atoms with van der Waals surface area (Å²) in [6.07, 6.45) is -1.06. The molecule has 1 aliphatic heterocycles. The van der Waals surface area contributed by atoms with Crippen molar-refractivity contribution in [2.45, 2.75) is 18.4 Å². The average molecular weight is 640 g/mol. The molecule has 12 nitrogen and oxygen atoms in total. The average Bonchev–Trinajstić information content (AvgIpc) is 3.33. The van der Waals surface area contributed by atoms with Crippen molar-refractivity contribution in [3.05, 3.63) is 119 Å². The van der Waals surface area contributed by atoms with Gasteiger partial charge in [-0.2, -0.15) is 9.97 Å². The van der Waals surface area contributed by atoms with E-state index in [1.54, 1.807) is 95.6 Å². The monoisotopic (exact) mass is 639 g/mol. The number of fused-ring (bicyclic) bond motifs is 2. The van der Waals surface area contributed by atoms with E-state index in [-0.39, 0.29) is 29.8 Å². The zero-order valence-corrected chi connectivity index (χ0v) is 24.8. The van der Waals surface area contributed by atoms with Crippen molar-refractivity contribution in [2.75, 3.05) is 18.9 Å². The molecule has 2 fully saturated rings. The van der Waals surface area contributed by atoms with Gasteiger partial charge in [0.25, 0.3) is 0 Å². The summed E-state index contributed by atoms with van der Waals surface area (Å²) in [4.78, 5) is 52.1. The SMILES string of the molecule is Nc1nc(Cl)c2ncn(C3OC(COC(=O)c4ccccc4)C4(COC(=O)c5ccccc5)C(OC(=O)c5ccccc5)C34)c2n1. The normalized spacial score (nSPS) is 23.0. The lowest BCUT2D eigenvalue weighted by Gasteiger charge is -2.26. The summed E-state index contributed by atoms with van der Waals surface area (Å²) in [6.45, 7) is -0.430. The van der Waals surface area contributed by atoms with E-state index in [2.05, 4.69) is 15.0 Å². The van der Waals surface area contributed by atoms with E-state index in [0.29, 0.717) is 22.3 Å². The number of rotatable bonds is 9. The second kappa shape index (κ2) is 11.9. The maximum absolute atomic E-state index is 13.4. The molecule has 46 heavy (non-hydrogen) atoms. The molecule has 3 heterocycles. The number of benzene rings is 3. The molecular weight excluding hydrogens is 614 g/mol. The van der Waals surface area contributed by atoms with Gasteiger partial charge in [-0.1, -0.05) is 66.2 Å². The molecule has 2 aromatic heterocycles. The second-order valence-electron chi connectivity index (χ2n) is 10.9. The minimum absolute atomic E-state index is 0.0542. The zero-order chi connectivity index (χ0) is 31.8. The van der Waals surface area contributed by atoms with Crippen LogP contribution in [0.4, 0.5) is 5.95 Å². The number of hydrogen-bond donors (Lipinski definition) is 1. The molecule has 5 aromatic rings. The van der Waals surface area contributed by atoms with E-state index >= 15 is 0 Å². The molecule has 0 amide bonds. The van der Waals surface area contributed by atoms with Crippen LogP contribution in [-0.2, 0) is 18.9 Å². The zero-order valence-electron chi connectivity index (χ0n) is 24.1. The van der Waals surface area contributed by atoms with E-state index in [4.69, 9.17) is 36.3 Å². The molecule has 2 N–H and O–H groups in total. The van der Waals surface area contributed by atoms with Crippen LogP contribution in [0.3, 0.4) is 0 Å². The summed E-state index contributed by atoms with van der Waals surface area (Å²) in [5, 5.41) is 0.0542. The predicted molar refractivity (Wildman–Crippen MR) is 164 cm³/mol. The number of carbonyl (C=O) groups is 3. The maximum Gasteiger partial charge on any atom is 0.338 e. The first-order chi connectivity index (χ1) is 22.4. The standard InChI is InChI=1S/C33H26ClN5O7/c34-26-24-27(38-32(35)37-26)39(18-36-24)28-23-25(46-31(42)21-14-8-3-9-15-21)33(23,17-44-30(41)20-12-6-2-7-13-20)22(45-28)16-43-29(40)19-10-4-1-5-11-19/h1-15,18,22-23,25,28H,16-17H2,(H2,35,37,38). The molecule has 1 aliphatic carbocycles. The quantitative estimate of drug-likeness (QED) is 0.137. The summed E-state index contributed by atoms with van der Waals surface area (Å²) in [6, 6.07) is 25.5. The van der Waals surface area contributed by atoms with Crippen molar-refractivity contribution in [1.29, 1.82) is 0 Å². The lowest BCUT2D eigenvalue weighted by atomic mass is 9.98. The highest BCUT2D eigenvalue weighted by Crippen LogP contribution is 2.68. The van der Waals surface area contributed by atoms with E-state index < -0.39 is 47.7 Å². The second-order valence-corrected chi connectivity index (χ2v) is 11.3. The van der Waals surface area contributed by atoms with Gasteiger partial charge in [-0.15, -0.1) is 0 Å². The molecular formula is C33H26ClN5O7.